The third-order valence-electron chi connectivity index (χ3n) is 3.60. The second-order valence-corrected chi connectivity index (χ2v) is 7.61. The number of alkyl halides is 3. The summed E-state index contributed by atoms with van der Waals surface area (Å²) in [4.78, 5) is 23.9. The van der Waals surface area contributed by atoms with E-state index in [1.807, 2.05) is 17.5 Å². The number of thiophene rings is 1. The van der Waals surface area contributed by atoms with E-state index in [4.69, 9.17) is 0 Å². The van der Waals surface area contributed by atoms with Crippen LogP contribution in [0.5, 0.6) is 0 Å². The van der Waals surface area contributed by atoms with Crippen LogP contribution in [0.15, 0.2) is 29.9 Å². The lowest BCUT2D eigenvalue weighted by molar-refractivity contribution is -0.141. The first-order valence-corrected chi connectivity index (χ1v) is 9.28. The Hall–Kier alpha value is -2.20. The monoisotopic (exact) mass is 400 g/mol. The quantitative estimate of drug-likeness (QED) is 0.645. The van der Waals surface area contributed by atoms with E-state index >= 15 is 0 Å². The Kier molecular flexibility index (Phi) is 5.15. The second kappa shape index (κ2) is 7.20. The van der Waals surface area contributed by atoms with Crippen LogP contribution in [0.2, 0.25) is 0 Å². The van der Waals surface area contributed by atoms with Crippen LogP contribution in [0, 0.1) is 6.92 Å². The Bertz CT molecular complexity index is 899. The summed E-state index contributed by atoms with van der Waals surface area (Å²) < 4.78 is 38.8. The first-order chi connectivity index (χ1) is 12.2. The van der Waals surface area contributed by atoms with Crippen LogP contribution in [-0.2, 0) is 13.1 Å². The van der Waals surface area contributed by atoms with Crippen molar-refractivity contribution in [2.75, 3.05) is 7.05 Å². The molecule has 3 rings (SSSR count). The van der Waals surface area contributed by atoms with Gasteiger partial charge in [-0.15, -0.1) is 22.7 Å². The normalized spacial score (nSPS) is 11.7. The van der Waals surface area contributed by atoms with Crippen LogP contribution in [0.1, 0.15) is 21.2 Å². The molecular weight excluding hydrogens is 385 g/mol. The Morgan fingerprint density at radius 3 is 2.81 bits per heavy atom. The van der Waals surface area contributed by atoms with Gasteiger partial charge in [0.2, 0.25) is 0 Å². The molecule has 0 aliphatic heterocycles. The minimum atomic E-state index is -4.35. The summed E-state index contributed by atoms with van der Waals surface area (Å²) in [7, 11) is 1.54. The van der Waals surface area contributed by atoms with Gasteiger partial charge in [-0.2, -0.15) is 13.2 Å². The highest BCUT2D eigenvalue weighted by Crippen LogP contribution is 2.31. The molecule has 0 N–H and O–H groups in total. The lowest BCUT2D eigenvalue weighted by atomic mass is 10.3. The maximum absolute atomic E-state index is 12.7. The Balaban J connectivity index is 1.76. The Labute approximate surface area is 155 Å². The molecule has 0 bridgehead atoms. The average Bonchev–Trinajstić information content (AvgIpc) is 3.27. The lowest BCUT2D eigenvalue weighted by Gasteiger charge is -2.18. The third-order valence-corrected chi connectivity index (χ3v) is 5.78. The molecule has 10 heteroatoms. The molecule has 3 aromatic heterocycles. The topological polar surface area (TPSA) is 51.0 Å². The zero-order valence-electron chi connectivity index (χ0n) is 13.9. The maximum Gasteiger partial charge on any atom is 0.406 e. The highest BCUT2D eigenvalue weighted by Gasteiger charge is 2.29. The fraction of sp³-hybridized carbons (Fsp3) is 0.312. The van der Waals surface area contributed by atoms with Gasteiger partial charge >= 0.3 is 6.18 Å². The number of hydrogen-bond acceptors (Lipinski definition) is 5. The molecule has 0 spiro atoms. The fourth-order valence-corrected chi connectivity index (χ4v) is 4.24. The highest BCUT2D eigenvalue weighted by atomic mass is 32.1. The zero-order valence-corrected chi connectivity index (χ0v) is 15.6. The number of rotatable bonds is 5. The molecule has 26 heavy (non-hydrogen) atoms. The average molecular weight is 400 g/mol. The molecular formula is C16H15F3N4OS2. The molecule has 0 unspecified atom stereocenters. The predicted octanol–water partition coefficient (Wildman–Crippen LogP) is 4.21. The maximum atomic E-state index is 12.7. The summed E-state index contributed by atoms with van der Waals surface area (Å²) in [5, 5.41) is 2.69. The molecule has 0 aliphatic rings. The molecule has 5 nitrogen and oxygen atoms in total. The number of aryl methyl sites for hydroxylation is 1. The van der Waals surface area contributed by atoms with E-state index in [1.54, 1.807) is 14.0 Å². The van der Waals surface area contributed by atoms with Gasteiger partial charge in [0.05, 0.1) is 17.1 Å². The molecule has 0 aromatic carbocycles. The SMILES string of the molecule is Cc1nc(-c2cccs2)sc1C(=O)N(C)Cc1nccn1CC(F)(F)F. The van der Waals surface area contributed by atoms with Crippen molar-refractivity contribution in [2.24, 2.45) is 0 Å². The molecule has 138 valence electrons. The van der Waals surface area contributed by atoms with Gasteiger partial charge < -0.3 is 9.47 Å². The Morgan fingerprint density at radius 1 is 1.38 bits per heavy atom. The van der Waals surface area contributed by atoms with Crippen molar-refractivity contribution < 1.29 is 18.0 Å². The summed E-state index contributed by atoms with van der Waals surface area (Å²) in [6.45, 7) is 0.597. The number of amides is 1. The van der Waals surface area contributed by atoms with Crippen molar-refractivity contribution >= 4 is 28.6 Å². The molecule has 3 aromatic rings. The van der Waals surface area contributed by atoms with E-state index in [2.05, 4.69) is 9.97 Å². The first kappa shape index (κ1) is 18.6. The van der Waals surface area contributed by atoms with E-state index in [9.17, 15) is 18.0 Å². The van der Waals surface area contributed by atoms with Crippen molar-refractivity contribution in [3.8, 4) is 9.88 Å². The summed E-state index contributed by atoms with van der Waals surface area (Å²) in [6.07, 6.45) is -1.79. The molecule has 0 saturated heterocycles. The van der Waals surface area contributed by atoms with Crippen molar-refractivity contribution in [1.29, 1.82) is 0 Å². The van der Waals surface area contributed by atoms with Crippen LogP contribution in [-0.4, -0.2) is 38.6 Å². The van der Waals surface area contributed by atoms with E-state index in [-0.39, 0.29) is 18.3 Å². The Morgan fingerprint density at radius 2 is 2.15 bits per heavy atom. The summed E-state index contributed by atoms with van der Waals surface area (Å²) in [5.41, 5.74) is 0.605. The fourth-order valence-electron chi connectivity index (χ4n) is 2.39. The molecule has 3 heterocycles. The van der Waals surface area contributed by atoms with E-state index in [0.717, 1.165) is 14.5 Å². The predicted molar refractivity (Wildman–Crippen MR) is 94.2 cm³/mol. The van der Waals surface area contributed by atoms with Gasteiger partial charge in [-0.1, -0.05) is 6.07 Å². The van der Waals surface area contributed by atoms with Gasteiger partial charge in [-0.05, 0) is 18.4 Å². The zero-order chi connectivity index (χ0) is 18.9. The molecule has 0 radical (unpaired) electrons. The van der Waals surface area contributed by atoms with Crippen molar-refractivity contribution in [1.82, 2.24) is 19.4 Å². The molecule has 0 aliphatic carbocycles. The molecule has 0 fully saturated rings. The summed E-state index contributed by atoms with van der Waals surface area (Å²) in [5.74, 6) is -0.108. The van der Waals surface area contributed by atoms with Crippen LogP contribution in [0.25, 0.3) is 9.88 Å². The number of halogens is 3. The van der Waals surface area contributed by atoms with E-state index in [0.29, 0.717) is 10.6 Å². The molecule has 1 amide bonds. The first-order valence-electron chi connectivity index (χ1n) is 7.58. The van der Waals surface area contributed by atoms with Gasteiger partial charge in [0, 0.05) is 19.4 Å². The van der Waals surface area contributed by atoms with E-state index < -0.39 is 12.7 Å². The van der Waals surface area contributed by atoms with Crippen molar-refractivity contribution in [3.63, 3.8) is 0 Å². The second-order valence-electron chi connectivity index (χ2n) is 5.66. The summed E-state index contributed by atoms with van der Waals surface area (Å²) >= 11 is 2.81. The van der Waals surface area contributed by atoms with Gasteiger partial charge in [0.15, 0.2) is 0 Å². The van der Waals surface area contributed by atoms with Gasteiger partial charge in [-0.25, -0.2) is 9.97 Å². The minimum absolute atomic E-state index is 0.0202. The van der Waals surface area contributed by atoms with Crippen LogP contribution in [0.3, 0.4) is 0 Å². The van der Waals surface area contributed by atoms with E-state index in [1.165, 1.54) is 40.0 Å². The number of hydrogen-bond donors (Lipinski definition) is 0. The smallest absolute Gasteiger partial charge is 0.333 e. The molecule has 0 saturated carbocycles. The van der Waals surface area contributed by atoms with Gasteiger partial charge in [0.25, 0.3) is 5.91 Å². The highest BCUT2D eigenvalue weighted by molar-refractivity contribution is 7.22. The lowest BCUT2D eigenvalue weighted by Crippen LogP contribution is -2.28. The number of nitrogens with zero attached hydrogens (tertiary/aromatic N) is 4. The van der Waals surface area contributed by atoms with Crippen LogP contribution >= 0.6 is 22.7 Å². The van der Waals surface area contributed by atoms with Gasteiger partial charge in [-0.3, -0.25) is 4.79 Å². The van der Waals surface area contributed by atoms with Crippen molar-refractivity contribution in [3.05, 3.63) is 46.3 Å². The third kappa shape index (κ3) is 4.13. The minimum Gasteiger partial charge on any atom is -0.333 e. The number of thiazole rings is 1. The van der Waals surface area contributed by atoms with Crippen LogP contribution < -0.4 is 0 Å². The largest absolute Gasteiger partial charge is 0.406 e. The summed E-state index contributed by atoms with van der Waals surface area (Å²) in [6, 6.07) is 3.83. The van der Waals surface area contributed by atoms with Crippen molar-refractivity contribution in [2.45, 2.75) is 26.2 Å². The van der Waals surface area contributed by atoms with Gasteiger partial charge in [0.1, 0.15) is 22.3 Å². The number of carbonyl (C=O) groups excluding carboxylic acids is 1. The molecule has 0 atom stereocenters. The van der Waals surface area contributed by atoms with Crippen LogP contribution in [0.4, 0.5) is 13.2 Å². The number of carbonyl (C=O) groups is 1. The number of imidazole rings is 1. The standard InChI is InChI=1S/C16H15F3N4OS2/c1-10-13(26-14(21-10)11-4-3-7-25-11)15(24)22(2)8-12-20-5-6-23(12)9-16(17,18)19/h3-7H,8-9H2,1-2H3. The number of aromatic nitrogens is 3.